The van der Waals surface area contributed by atoms with Gasteiger partial charge >= 0.3 is 0 Å². The highest BCUT2D eigenvalue weighted by atomic mass is 32.2. The molecule has 0 spiro atoms. The molecule has 1 N–H and O–H groups in total. The average Bonchev–Trinajstić information content (AvgIpc) is 2.23. The zero-order valence-electron chi connectivity index (χ0n) is 7.90. The molecule has 2 rings (SSSR count). The topological polar surface area (TPSA) is 39.5 Å². The van der Waals surface area contributed by atoms with Crippen molar-refractivity contribution in [2.24, 2.45) is 5.10 Å². The second-order valence-corrected chi connectivity index (χ2v) is 3.99. The van der Waals surface area contributed by atoms with Gasteiger partial charge in [-0.15, -0.1) is 0 Å². The third kappa shape index (κ3) is 1.80. The highest BCUT2D eigenvalue weighted by Crippen LogP contribution is 2.16. The van der Waals surface area contributed by atoms with Crippen LogP contribution in [0.15, 0.2) is 35.4 Å². The number of hydrogen-bond acceptors (Lipinski definition) is 3. The number of hydrogen-bond donors (Lipinski definition) is 1. The lowest BCUT2D eigenvalue weighted by molar-refractivity contribution is 0.550. The zero-order valence-corrected chi connectivity index (χ0v) is 8.71. The first kappa shape index (κ1) is 9.27. The predicted octanol–water partition coefficient (Wildman–Crippen LogP) is 2.00. The molecule has 1 aliphatic heterocycles. The van der Waals surface area contributed by atoms with E-state index >= 15 is 0 Å². The summed E-state index contributed by atoms with van der Waals surface area (Å²) >= 11 is 1.51. The smallest absolute Gasteiger partial charge is 0.177 e. The van der Waals surface area contributed by atoms with Gasteiger partial charge in [-0.2, -0.15) is 5.10 Å². The lowest BCUT2D eigenvalue weighted by Crippen LogP contribution is -2.26. The van der Waals surface area contributed by atoms with Gasteiger partial charge in [-0.3, -0.25) is 5.41 Å². The Kier molecular flexibility index (Phi) is 2.54. The number of nitrogens with one attached hydrogen (secondary N) is 1. The van der Waals surface area contributed by atoms with Crippen molar-refractivity contribution in [2.75, 3.05) is 12.8 Å². The van der Waals surface area contributed by atoms with Gasteiger partial charge in [-0.1, -0.05) is 42.1 Å². The second-order valence-electron chi connectivity index (χ2n) is 3.03. The lowest BCUT2D eigenvalue weighted by atomic mass is 10.1. The lowest BCUT2D eigenvalue weighted by Gasteiger charge is -2.21. The quantitative estimate of drug-likeness (QED) is 0.761. The number of amidine groups is 1. The Morgan fingerprint density at radius 1 is 1.36 bits per heavy atom. The second kappa shape index (κ2) is 3.84. The van der Waals surface area contributed by atoms with Gasteiger partial charge in [0.2, 0.25) is 0 Å². The molecule has 4 heteroatoms. The monoisotopic (exact) mass is 205 g/mol. The van der Waals surface area contributed by atoms with E-state index in [1.807, 2.05) is 30.3 Å². The van der Waals surface area contributed by atoms with Gasteiger partial charge in [0.1, 0.15) is 0 Å². The van der Waals surface area contributed by atoms with E-state index in [1.165, 1.54) is 11.8 Å². The Bertz CT molecular complexity index is 372. The standard InChI is InChI=1S/C10H11N3S/c1-13-10(11)14-7-9(12-13)8-5-3-2-4-6-8/h2-6,11H,7H2,1H3. The highest BCUT2D eigenvalue weighted by molar-refractivity contribution is 8.14. The van der Waals surface area contributed by atoms with Crippen LogP contribution in [-0.2, 0) is 0 Å². The molecule has 0 fully saturated rings. The van der Waals surface area contributed by atoms with E-state index in [-0.39, 0.29) is 0 Å². The Morgan fingerprint density at radius 3 is 2.71 bits per heavy atom. The van der Waals surface area contributed by atoms with Crippen molar-refractivity contribution >= 4 is 22.6 Å². The van der Waals surface area contributed by atoms with E-state index in [9.17, 15) is 0 Å². The first-order chi connectivity index (χ1) is 6.77. The minimum absolute atomic E-state index is 0.504. The van der Waals surface area contributed by atoms with E-state index in [1.54, 1.807) is 12.1 Å². The molecule has 0 unspecified atom stereocenters. The van der Waals surface area contributed by atoms with Gasteiger partial charge in [0.15, 0.2) is 5.17 Å². The van der Waals surface area contributed by atoms with Crippen molar-refractivity contribution in [2.45, 2.75) is 0 Å². The predicted molar refractivity (Wildman–Crippen MR) is 60.9 cm³/mol. The summed E-state index contributed by atoms with van der Waals surface area (Å²) in [6.45, 7) is 0. The van der Waals surface area contributed by atoms with Gasteiger partial charge < -0.3 is 0 Å². The van der Waals surface area contributed by atoms with Gasteiger partial charge in [0.05, 0.1) is 5.71 Å². The van der Waals surface area contributed by atoms with Gasteiger partial charge in [0.25, 0.3) is 0 Å². The minimum atomic E-state index is 0.504. The Labute approximate surface area is 87.3 Å². The van der Waals surface area contributed by atoms with Gasteiger partial charge in [-0.05, 0) is 5.56 Å². The molecule has 0 saturated heterocycles. The zero-order chi connectivity index (χ0) is 9.97. The summed E-state index contributed by atoms with van der Waals surface area (Å²) in [6, 6.07) is 10.1. The van der Waals surface area contributed by atoms with Crippen LogP contribution in [0.4, 0.5) is 0 Å². The van der Waals surface area contributed by atoms with Crippen molar-refractivity contribution in [1.82, 2.24) is 5.01 Å². The number of rotatable bonds is 1. The summed E-state index contributed by atoms with van der Waals surface area (Å²) in [4.78, 5) is 0. The van der Waals surface area contributed by atoms with Crippen LogP contribution in [0.5, 0.6) is 0 Å². The maximum absolute atomic E-state index is 7.53. The van der Waals surface area contributed by atoms with Crippen LogP contribution in [-0.4, -0.2) is 28.7 Å². The molecule has 0 amide bonds. The normalized spacial score (nSPS) is 16.8. The summed E-state index contributed by atoms with van der Waals surface area (Å²) in [5, 5.41) is 14.0. The molecule has 0 radical (unpaired) electrons. The Balaban J connectivity index is 2.29. The van der Waals surface area contributed by atoms with E-state index in [2.05, 4.69) is 5.10 Å². The van der Waals surface area contributed by atoms with Crippen molar-refractivity contribution in [3.05, 3.63) is 35.9 Å². The van der Waals surface area contributed by atoms with E-state index in [0.29, 0.717) is 5.17 Å². The molecule has 14 heavy (non-hydrogen) atoms. The number of hydrazone groups is 1. The largest absolute Gasteiger partial charge is 0.277 e. The number of benzene rings is 1. The van der Waals surface area contributed by atoms with E-state index in [0.717, 1.165) is 17.0 Å². The van der Waals surface area contributed by atoms with Gasteiger partial charge in [-0.25, -0.2) is 5.01 Å². The molecular weight excluding hydrogens is 194 g/mol. The Morgan fingerprint density at radius 2 is 2.07 bits per heavy atom. The summed E-state index contributed by atoms with van der Waals surface area (Å²) < 4.78 is 0. The molecule has 1 aliphatic rings. The maximum atomic E-state index is 7.53. The number of nitrogens with zero attached hydrogens (tertiary/aromatic N) is 2. The van der Waals surface area contributed by atoms with Crippen LogP contribution >= 0.6 is 11.8 Å². The third-order valence-electron chi connectivity index (χ3n) is 2.02. The summed E-state index contributed by atoms with van der Waals surface area (Å²) in [7, 11) is 1.80. The van der Waals surface area contributed by atoms with Crippen molar-refractivity contribution < 1.29 is 0 Å². The molecule has 1 aromatic rings. The minimum Gasteiger partial charge on any atom is -0.277 e. The molecule has 72 valence electrons. The van der Waals surface area contributed by atoms with E-state index in [4.69, 9.17) is 5.41 Å². The van der Waals surface area contributed by atoms with Crippen LogP contribution in [0, 0.1) is 5.41 Å². The fraction of sp³-hybridized carbons (Fsp3) is 0.200. The van der Waals surface area contributed by atoms with Crippen molar-refractivity contribution in [1.29, 1.82) is 5.41 Å². The molecular formula is C10H11N3S. The van der Waals surface area contributed by atoms with Gasteiger partial charge in [0, 0.05) is 12.8 Å². The third-order valence-corrected chi connectivity index (χ3v) is 2.97. The van der Waals surface area contributed by atoms with Crippen LogP contribution in [0.25, 0.3) is 0 Å². The molecule has 0 aliphatic carbocycles. The molecule has 0 bridgehead atoms. The summed E-state index contributed by atoms with van der Waals surface area (Å²) in [6.07, 6.45) is 0. The Hall–Kier alpha value is -1.29. The van der Waals surface area contributed by atoms with Crippen molar-refractivity contribution in [3.63, 3.8) is 0 Å². The molecule has 0 atom stereocenters. The first-order valence-electron chi connectivity index (χ1n) is 4.35. The molecule has 1 heterocycles. The average molecular weight is 205 g/mol. The first-order valence-corrected chi connectivity index (χ1v) is 5.34. The number of thioether (sulfide) groups is 1. The van der Waals surface area contributed by atoms with Crippen LogP contribution in [0.2, 0.25) is 0 Å². The van der Waals surface area contributed by atoms with Crippen LogP contribution in [0.1, 0.15) is 5.56 Å². The van der Waals surface area contributed by atoms with Crippen molar-refractivity contribution in [3.8, 4) is 0 Å². The molecule has 0 aromatic heterocycles. The maximum Gasteiger partial charge on any atom is 0.177 e. The molecule has 0 saturated carbocycles. The highest BCUT2D eigenvalue weighted by Gasteiger charge is 2.15. The van der Waals surface area contributed by atoms with Crippen LogP contribution < -0.4 is 0 Å². The molecule has 1 aromatic carbocycles. The SMILES string of the molecule is CN1N=C(c2ccccc2)CSC1=N. The fourth-order valence-electron chi connectivity index (χ4n) is 1.26. The van der Waals surface area contributed by atoms with Crippen LogP contribution in [0.3, 0.4) is 0 Å². The summed E-state index contributed by atoms with van der Waals surface area (Å²) in [5.74, 6) is 0.785. The molecule has 3 nitrogen and oxygen atoms in total. The van der Waals surface area contributed by atoms with E-state index < -0.39 is 0 Å². The summed E-state index contributed by atoms with van der Waals surface area (Å²) in [5.41, 5.74) is 2.17. The fourth-order valence-corrected chi connectivity index (χ4v) is 1.98.